The summed E-state index contributed by atoms with van der Waals surface area (Å²) < 4.78 is 29.3. The van der Waals surface area contributed by atoms with Gasteiger partial charge in [0.25, 0.3) is 0 Å². The molecule has 2 aromatic rings. The van der Waals surface area contributed by atoms with Crippen molar-refractivity contribution in [3.63, 3.8) is 0 Å². The minimum absolute atomic E-state index is 0.162. The van der Waals surface area contributed by atoms with Gasteiger partial charge in [-0.1, -0.05) is 23.9 Å². The van der Waals surface area contributed by atoms with Gasteiger partial charge >= 0.3 is 0 Å². The molecule has 0 fully saturated rings. The minimum Gasteiger partial charge on any atom is -0.496 e. The molecule has 1 aliphatic rings. The van der Waals surface area contributed by atoms with E-state index in [-0.39, 0.29) is 11.5 Å². The molecule has 0 unspecified atom stereocenters. The molecule has 0 N–H and O–H groups in total. The molecule has 4 nitrogen and oxygen atoms in total. The minimum atomic E-state index is -0.478. The third kappa shape index (κ3) is 3.10. The molecule has 0 spiro atoms. The van der Waals surface area contributed by atoms with E-state index in [0.717, 1.165) is 4.90 Å². The summed E-state index contributed by atoms with van der Waals surface area (Å²) in [6, 6.07) is 8.00. The normalized spacial score (nSPS) is 12.8. The lowest BCUT2D eigenvalue weighted by atomic mass is 10.1. The average Bonchev–Trinajstić information content (AvgIpc) is 3.07. The number of ketones is 1. The van der Waals surface area contributed by atoms with Gasteiger partial charge in [0.05, 0.1) is 24.7 Å². The molecule has 0 atom stereocenters. The van der Waals surface area contributed by atoms with E-state index in [1.54, 1.807) is 24.3 Å². The number of rotatable bonds is 5. The fourth-order valence-corrected chi connectivity index (χ4v) is 3.32. The summed E-state index contributed by atoms with van der Waals surface area (Å²) in [5, 5.41) is 0. The van der Waals surface area contributed by atoms with Crippen LogP contribution in [0.1, 0.15) is 15.9 Å². The van der Waals surface area contributed by atoms with Gasteiger partial charge in [0, 0.05) is 0 Å². The highest BCUT2D eigenvalue weighted by atomic mass is 32.2. The topological polar surface area (TPSA) is 44.8 Å². The molecule has 0 aliphatic carbocycles. The molecule has 0 saturated heterocycles. The molecule has 0 bridgehead atoms. The van der Waals surface area contributed by atoms with Crippen LogP contribution < -0.4 is 14.2 Å². The van der Waals surface area contributed by atoms with Gasteiger partial charge in [0.2, 0.25) is 0 Å². The fraction of sp³-hybridized carbons (Fsp3) is 0.167. The smallest absolute Gasteiger partial charge is 0.190 e. The van der Waals surface area contributed by atoms with Crippen LogP contribution in [0.2, 0.25) is 0 Å². The van der Waals surface area contributed by atoms with Crippen molar-refractivity contribution in [1.82, 2.24) is 0 Å². The maximum absolute atomic E-state index is 13.7. The van der Waals surface area contributed by atoms with Gasteiger partial charge in [0.15, 0.2) is 17.3 Å². The van der Waals surface area contributed by atoms with Crippen molar-refractivity contribution in [2.45, 2.75) is 4.90 Å². The van der Waals surface area contributed by atoms with Gasteiger partial charge < -0.3 is 14.2 Å². The Morgan fingerprint density at radius 1 is 1.21 bits per heavy atom. The molecule has 1 heterocycles. The molecular formula is C18H15FO4S. The Labute approximate surface area is 143 Å². The lowest BCUT2D eigenvalue weighted by Gasteiger charge is -2.09. The first-order chi connectivity index (χ1) is 11.6. The lowest BCUT2D eigenvalue weighted by molar-refractivity contribution is 0.104. The number of hydrogen-bond acceptors (Lipinski definition) is 5. The predicted molar refractivity (Wildman–Crippen MR) is 90.7 cm³/mol. The van der Waals surface area contributed by atoms with Crippen molar-refractivity contribution in [2.24, 2.45) is 0 Å². The number of carbonyl (C=O) groups excluding carboxylic acids is 1. The molecule has 3 rings (SSSR count). The molecule has 1 aliphatic heterocycles. The monoisotopic (exact) mass is 346 g/mol. The zero-order chi connectivity index (χ0) is 17.1. The fourth-order valence-electron chi connectivity index (χ4n) is 2.40. The van der Waals surface area contributed by atoms with Gasteiger partial charge in [0.1, 0.15) is 17.4 Å². The van der Waals surface area contributed by atoms with Gasteiger partial charge in [-0.15, -0.1) is 0 Å². The Morgan fingerprint density at radius 2 is 1.96 bits per heavy atom. The van der Waals surface area contributed by atoms with Crippen LogP contribution in [-0.2, 0) is 0 Å². The van der Waals surface area contributed by atoms with E-state index in [0.29, 0.717) is 28.6 Å². The summed E-state index contributed by atoms with van der Waals surface area (Å²) >= 11 is 1.45. The van der Waals surface area contributed by atoms with Crippen LogP contribution in [0.5, 0.6) is 17.2 Å². The largest absolute Gasteiger partial charge is 0.496 e. The number of carbonyl (C=O) groups is 1. The number of benzene rings is 2. The lowest BCUT2D eigenvalue weighted by Crippen LogP contribution is -2.01. The Kier molecular flexibility index (Phi) is 4.76. The van der Waals surface area contributed by atoms with E-state index in [4.69, 9.17) is 14.2 Å². The Balaban J connectivity index is 1.90. The summed E-state index contributed by atoms with van der Waals surface area (Å²) in [6.07, 6.45) is 2.96. The van der Waals surface area contributed by atoms with Crippen molar-refractivity contribution >= 4 is 23.6 Å². The van der Waals surface area contributed by atoms with Crippen LogP contribution in [-0.4, -0.2) is 25.9 Å². The van der Waals surface area contributed by atoms with E-state index in [9.17, 15) is 9.18 Å². The van der Waals surface area contributed by atoms with Crippen LogP contribution in [0.25, 0.3) is 6.08 Å². The number of fused-ring (bicyclic) bond motifs is 1. The van der Waals surface area contributed by atoms with E-state index in [2.05, 4.69) is 0 Å². The number of allylic oxidation sites excluding steroid dienone is 1. The molecule has 0 radical (unpaired) electrons. The van der Waals surface area contributed by atoms with Crippen molar-refractivity contribution in [1.29, 1.82) is 0 Å². The van der Waals surface area contributed by atoms with Crippen molar-refractivity contribution < 1.29 is 23.4 Å². The summed E-state index contributed by atoms with van der Waals surface area (Å²) in [7, 11) is 2.92. The molecular weight excluding hydrogens is 331 g/mol. The standard InChI is InChI=1S/C18H15FO4S/c1-21-14-6-4-11(9-12(14)19)3-5-13(20)17-15(22-2)7-8-16-18(17)24-10-23-16/h3-9H,10H2,1-2H3/b5-3+. The van der Waals surface area contributed by atoms with E-state index < -0.39 is 5.82 Å². The average molecular weight is 346 g/mol. The Bertz CT molecular complexity index is 817. The summed E-state index contributed by atoms with van der Waals surface area (Å²) in [5.41, 5.74) is 1.03. The van der Waals surface area contributed by atoms with Crippen LogP contribution >= 0.6 is 11.8 Å². The number of methoxy groups -OCH3 is 2. The second kappa shape index (κ2) is 6.97. The van der Waals surface area contributed by atoms with Crippen LogP contribution in [0.3, 0.4) is 0 Å². The van der Waals surface area contributed by atoms with Crippen molar-refractivity contribution in [3.05, 3.63) is 53.4 Å². The van der Waals surface area contributed by atoms with Crippen LogP contribution in [0.15, 0.2) is 41.3 Å². The zero-order valence-electron chi connectivity index (χ0n) is 13.2. The molecule has 0 aromatic heterocycles. The third-order valence-corrected chi connectivity index (χ3v) is 4.50. The molecule has 2 aromatic carbocycles. The maximum atomic E-state index is 13.7. The number of hydrogen-bond donors (Lipinski definition) is 0. The molecule has 124 valence electrons. The number of halogens is 1. The van der Waals surface area contributed by atoms with Crippen molar-refractivity contribution in [3.8, 4) is 17.2 Å². The third-order valence-electron chi connectivity index (χ3n) is 3.57. The van der Waals surface area contributed by atoms with Crippen LogP contribution in [0.4, 0.5) is 4.39 Å². The van der Waals surface area contributed by atoms with Gasteiger partial charge in [-0.25, -0.2) is 4.39 Å². The van der Waals surface area contributed by atoms with Crippen molar-refractivity contribution in [2.75, 3.05) is 20.2 Å². The van der Waals surface area contributed by atoms with Gasteiger partial charge in [-0.2, -0.15) is 0 Å². The SMILES string of the molecule is COc1ccc(/C=C/C(=O)c2c(OC)ccc3c2SCO3)cc1F. The molecule has 6 heteroatoms. The first-order valence-corrected chi connectivity index (χ1v) is 8.15. The summed E-state index contributed by atoms with van der Waals surface area (Å²) in [5.74, 6) is 1.09. The quantitative estimate of drug-likeness (QED) is 0.600. The molecule has 0 saturated carbocycles. The second-order valence-corrected chi connectivity index (χ2v) is 5.90. The second-order valence-electron chi connectivity index (χ2n) is 4.97. The highest BCUT2D eigenvalue weighted by molar-refractivity contribution is 7.99. The van der Waals surface area contributed by atoms with Gasteiger partial charge in [-0.3, -0.25) is 4.79 Å². The van der Waals surface area contributed by atoms with Gasteiger partial charge in [-0.05, 0) is 35.9 Å². The van der Waals surface area contributed by atoms with E-state index in [1.807, 2.05) is 0 Å². The van der Waals surface area contributed by atoms with Crippen LogP contribution in [0, 0.1) is 5.82 Å². The maximum Gasteiger partial charge on any atom is 0.190 e. The Hall–Kier alpha value is -2.47. The zero-order valence-corrected chi connectivity index (χ0v) is 14.0. The molecule has 24 heavy (non-hydrogen) atoms. The first-order valence-electron chi connectivity index (χ1n) is 7.16. The first kappa shape index (κ1) is 16.4. The Morgan fingerprint density at radius 3 is 2.67 bits per heavy atom. The summed E-state index contributed by atoms with van der Waals surface area (Å²) in [6.45, 7) is 0. The highest BCUT2D eigenvalue weighted by Gasteiger charge is 2.24. The molecule has 0 amide bonds. The summed E-state index contributed by atoms with van der Waals surface area (Å²) in [4.78, 5) is 13.4. The van der Waals surface area contributed by atoms with E-state index >= 15 is 0 Å². The highest BCUT2D eigenvalue weighted by Crippen LogP contribution is 2.43. The number of ether oxygens (including phenoxy) is 3. The number of thioether (sulfide) groups is 1. The van der Waals surface area contributed by atoms with E-state index in [1.165, 1.54) is 44.2 Å². The predicted octanol–water partition coefficient (Wildman–Crippen LogP) is 4.18.